The molecule has 0 saturated heterocycles. The summed E-state index contributed by atoms with van der Waals surface area (Å²) >= 11 is 0. The predicted octanol–water partition coefficient (Wildman–Crippen LogP) is 2.48. The van der Waals surface area contributed by atoms with Crippen molar-refractivity contribution in [2.75, 3.05) is 7.05 Å². The summed E-state index contributed by atoms with van der Waals surface area (Å²) < 4.78 is 0. The minimum Gasteiger partial charge on any atom is -0.314 e. The Kier molecular flexibility index (Phi) is 3.64. The van der Waals surface area contributed by atoms with E-state index in [0.717, 1.165) is 0 Å². The zero-order valence-corrected chi connectivity index (χ0v) is 7.69. The first-order chi connectivity index (χ1) is 5.34. The van der Waals surface area contributed by atoms with E-state index in [1.165, 1.54) is 32.1 Å². The number of hydrogen-bond donors (Lipinski definition) is 1. The minimum absolute atomic E-state index is 0.591. The van der Waals surface area contributed by atoms with Crippen LogP contribution in [0.4, 0.5) is 0 Å². The van der Waals surface area contributed by atoms with Crippen LogP contribution in [0.25, 0.3) is 0 Å². The average Bonchev–Trinajstić information content (AvgIpc) is 2.30. The molecule has 1 N–H and O–H groups in total. The van der Waals surface area contributed by atoms with Crippen LogP contribution >= 0.6 is 0 Å². The molecule has 11 heavy (non-hydrogen) atoms. The Morgan fingerprint density at radius 3 is 2.91 bits per heavy atom. The Labute approximate surface area is 69.9 Å². The van der Waals surface area contributed by atoms with Gasteiger partial charge in [-0.15, -0.1) is 0 Å². The fraction of sp³-hybridized carbons (Fsp3) is 0.800. The highest BCUT2D eigenvalue weighted by Gasteiger charge is 2.07. The van der Waals surface area contributed by atoms with Gasteiger partial charge in [0.25, 0.3) is 0 Å². The average molecular weight is 153 g/mol. The molecule has 1 atom stereocenters. The van der Waals surface area contributed by atoms with Crippen LogP contribution < -0.4 is 5.32 Å². The van der Waals surface area contributed by atoms with Crippen LogP contribution in [0.1, 0.15) is 39.0 Å². The van der Waals surface area contributed by atoms with Gasteiger partial charge in [0, 0.05) is 6.04 Å². The third kappa shape index (κ3) is 2.66. The summed E-state index contributed by atoms with van der Waals surface area (Å²) in [5.74, 6) is 0. The molecule has 1 rings (SSSR count). The Morgan fingerprint density at radius 2 is 2.18 bits per heavy atom. The Balaban J connectivity index is 2.46. The van der Waals surface area contributed by atoms with E-state index in [0.29, 0.717) is 6.04 Å². The molecule has 0 aromatic rings. The second kappa shape index (κ2) is 4.55. The van der Waals surface area contributed by atoms with Gasteiger partial charge in [-0.25, -0.2) is 0 Å². The second-order valence-corrected chi connectivity index (χ2v) is 3.39. The van der Waals surface area contributed by atoms with Gasteiger partial charge in [0.1, 0.15) is 0 Å². The molecule has 0 spiro atoms. The Bertz CT molecular complexity index is 138. The molecule has 0 bridgehead atoms. The summed E-state index contributed by atoms with van der Waals surface area (Å²) in [4.78, 5) is 0. The van der Waals surface area contributed by atoms with E-state index in [2.05, 4.69) is 18.3 Å². The van der Waals surface area contributed by atoms with E-state index in [4.69, 9.17) is 0 Å². The molecule has 0 heterocycles. The summed E-state index contributed by atoms with van der Waals surface area (Å²) in [7, 11) is 2.04. The molecular weight excluding hydrogens is 134 g/mol. The predicted molar refractivity (Wildman–Crippen MR) is 49.7 cm³/mol. The van der Waals surface area contributed by atoms with Crippen molar-refractivity contribution in [1.29, 1.82) is 0 Å². The molecule has 1 aliphatic carbocycles. The lowest BCUT2D eigenvalue weighted by molar-refractivity contribution is 0.640. The monoisotopic (exact) mass is 153 g/mol. The summed E-state index contributed by atoms with van der Waals surface area (Å²) in [6.07, 6.45) is 9.21. The lowest BCUT2D eigenvalue weighted by Gasteiger charge is -2.13. The summed E-state index contributed by atoms with van der Waals surface area (Å²) in [6.45, 7) is 2.25. The summed E-state index contributed by atoms with van der Waals surface area (Å²) in [5.41, 5.74) is 1.62. The van der Waals surface area contributed by atoms with Crippen LogP contribution in [0.3, 0.4) is 0 Å². The molecule has 0 fully saturated rings. The highest BCUT2D eigenvalue weighted by atomic mass is 14.9. The molecule has 1 nitrogen and oxygen atoms in total. The van der Waals surface area contributed by atoms with Gasteiger partial charge >= 0.3 is 0 Å². The highest BCUT2D eigenvalue weighted by Crippen LogP contribution is 2.19. The Hall–Kier alpha value is -0.300. The lowest BCUT2D eigenvalue weighted by atomic mass is 10.0. The van der Waals surface area contributed by atoms with Gasteiger partial charge in [0.05, 0.1) is 0 Å². The highest BCUT2D eigenvalue weighted by molar-refractivity contribution is 5.10. The maximum Gasteiger partial charge on any atom is 0.0248 e. The van der Waals surface area contributed by atoms with E-state index in [9.17, 15) is 0 Å². The van der Waals surface area contributed by atoms with Gasteiger partial charge in [-0.1, -0.05) is 18.1 Å². The molecule has 0 amide bonds. The first-order valence-electron chi connectivity index (χ1n) is 4.71. The fourth-order valence-corrected chi connectivity index (χ4v) is 1.62. The van der Waals surface area contributed by atoms with Crippen molar-refractivity contribution >= 4 is 0 Å². The van der Waals surface area contributed by atoms with Crippen molar-refractivity contribution in [1.82, 2.24) is 5.32 Å². The number of likely N-dealkylation sites (N-methyl/N-ethyl adjacent to an activating group) is 1. The van der Waals surface area contributed by atoms with E-state index in [1.807, 2.05) is 7.05 Å². The van der Waals surface area contributed by atoms with Gasteiger partial charge in [0.2, 0.25) is 0 Å². The maximum atomic E-state index is 3.29. The van der Waals surface area contributed by atoms with Crippen LogP contribution in [0.5, 0.6) is 0 Å². The van der Waals surface area contributed by atoms with Crippen LogP contribution in [0, 0.1) is 0 Å². The van der Waals surface area contributed by atoms with E-state index in [-0.39, 0.29) is 0 Å². The quantitative estimate of drug-likeness (QED) is 0.601. The molecule has 1 heteroatoms. The standard InChI is InChI=1S/C10H19N/c1-9(11-2)10-7-5-3-4-6-8-10/h7,9,11H,3-6,8H2,1-2H3. The van der Waals surface area contributed by atoms with Gasteiger partial charge in [-0.3, -0.25) is 0 Å². The zero-order chi connectivity index (χ0) is 8.10. The van der Waals surface area contributed by atoms with Gasteiger partial charge in [0.15, 0.2) is 0 Å². The third-order valence-corrected chi connectivity index (χ3v) is 2.57. The smallest absolute Gasteiger partial charge is 0.0248 e. The molecule has 1 aliphatic rings. The van der Waals surface area contributed by atoms with Crippen LogP contribution in [-0.4, -0.2) is 13.1 Å². The van der Waals surface area contributed by atoms with Crippen molar-refractivity contribution in [3.63, 3.8) is 0 Å². The Morgan fingerprint density at radius 1 is 1.36 bits per heavy atom. The minimum atomic E-state index is 0.591. The summed E-state index contributed by atoms with van der Waals surface area (Å²) in [5, 5.41) is 3.29. The number of allylic oxidation sites excluding steroid dienone is 1. The molecule has 0 aromatic heterocycles. The van der Waals surface area contributed by atoms with E-state index >= 15 is 0 Å². The van der Waals surface area contributed by atoms with E-state index in [1.54, 1.807) is 5.57 Å². The van der Waals surface area contributed by atoms with Crippen molar-refractivity contribution < 1.29 is 0 Å². The van der Waals surface area contributed by atoms with Crippen LogP contribution in [-0.2, 0) is 0 Å². The van der Waals surface area contributed by atoms with Gasteiger partial charge < -0.3 is 5.32 Å². The summed E-state index contributed by atoms with van der Waals surface area (Å²) in [6, 6.07) is 0.591. The van der Waals surface area contributed by atoms with Crippen molar-refractivity contribution in [3.05, 3.63) is 11.6 Å². The van der Waals surface area contributed by atoms with E-state index < -0.39 is 0 Å². The molecule has 1 unspecified atom stereocenters. The molecule has 0 saturated carbocycles. The SMILES string of the molecule is CNC(C)C1=CCCCCC1. The normalized spacial score (nSPS) is 22.2. The molecular formula is C10H19N. The maximum absolute atomic E-state index is 3.29. The van der Waals surface area contributed by atoms with Crippen LogP contribution in [0.15, 0.2) is 11.6 Å². The number of nitrogens with one attached hydrogen (secondary N) is 1. The fourth-order valence-electron chi connectivity index (χ4n) is 1.62. The first-order valence-corrected chi connectivity index (χ1v) is 4.71. The van der Waals surface area contributed by atoms with Crippen molar-refractivity contribution in [3.8, 4) is 0 Å². The zero-order valence-electron chi connectivity index (χ0n) is 7.69. The van der Waals surface area contributed by atoms with Gasteiger partial charge in [-0.05, 0) is 39.7 Å². The third-order valence-electron chi connectivity index (χ3n) is 2.57. The van der Waals surface area contributed by atoms with Crippen molar-refractivity contribution in [2.24, 2.45) is 0 Å². The second-order valence-electron chi connectivity index (χ2n) is 3.39. The topological polar surface area (TPSA) is 12.0 Å². The first kappa shape index (κ1) is 8.79. The van der Waals surface area contributed by atoms with Crippen LogP contribution in [0.2, 0.25) is 0 Å². The molecule has 0 aromatic carbocycles. The molecule has 0 radical (unpaired) electrons. The number of hydrogen-bond acceptors (Lipinski definition) is 1. The largest absolute Gasteiger partial charge is 0.314 e. The van der Waals surface area contributed by atoms with Crippen molar-refractivity contribution in [2.45, 2.75) is 45.1 Å². The molecule has 64 valence electrons. The van der Waals surface area contributed by atoms with Gasteiger partial charge in [-0.2, -0.15) is 0 Å². The lowest BCUT2D eigenvalue weighted by Crippen LogP contribution is -2.23. The molecule has 0 aliphatic heterocycles. The number of rotatable bonds is 2.